The summed E-state index contributed by atoms with van der Waals surface area (Å²) in [7, 11) is 0. The number of nitrogens with zero attached hydrogens (tertiary/aromatic N) is 3. The maximum absolute atomic E-state index is 2.60. The van der Waals surface area contributed by atoms with Gasteiger partial charge in [-0.15, -0.1) is 0 Å². The largest absolute Gasteiger partial charge is 0.372 e. The van der Waals surface area contributed by atoms with Crippen LogP contribution in [-0.4, -0.2) is 39.3 Å². The van der Waals surface area contributed by atoms with E-state index in [1.54, 1.807) is 5.57 Å². The summed E-state index contributed by atoms with van der Waals surface area (Å²) in [5.74, 6) is 1.50. The molecule has 1 atom stereocenters. The summed E-state index contributed by atoms with van der Waals surface area (Å²) in [5.41, 5.74) is 10.4. The number of hydrogen-bond acceptors (Lipinski definition) is 3. The first-order valence-electron chi connectivity index (χ1n) is 19.5. The molecule has 0 amide bonds. The van der Waals surface area contributed by atoms with Crippen molar-refractivity contribution < 1.29 is 0 Å². The summed E-state index contributed by atoms with van der Waals surface area (Å²) >= 11 is 0. The van der Waals surface area contributed by atoms with Crippen molar-refractivity contribution >= 4 is 22.6 Å². The highest BCUT2D eigenvalue weighted by Crippen LogP contribution is 2.54. The molecule has 5 rings (SSSR count). The van der Waals surface area contributed by atoms with Gasteiger partial charge in [0.25, 0.3) is 0 Å². The fourth-order valence-corrected chi connectivity index (χ4v) is 9.34. The van der Waals surface area contributed by atoms with Gasteiger partial charge in [-0.25, -0.2) is 0 Å². The molecule has 1 unspecified atom stereocenters. The summed E-state index contributed by atoms with van der Waals surface area (Å²) < 4.78 is 0. The number of hydrogen-bond donors (Lipinski definition) is 0. The van der Waals surface area contributed by atoms with Crippen LogP contribution in [0.3, 0.4) is 0 Å². The molecule has 3 aromatic rings. The molecule has 3 nitrogen and oxygen atoms in total. The number of anilines is 3. The minimum absolute atomic E-state index is 0.0765. The summed E-state index contributed by atoms with van der Waals surface area (Å²) in [6, 6.07) is 28.7. The van der Waals surface area contributed by atoms with Gasteiger partial charge in [0.15, 0.2) is 0 Å². The third-order valence-electron chi connectivity index (χ3n) is 12.8. The second-order valence-electron chi connectivity index (χ2n) is 15.0. The predicted molar refractivity (Wildman–Crippen MR) is 212 cm³/mol. The maximum atomic E-state index is 2.60. The second kappa shape index (κ2) is 16.0. The number of benzene rings is 3. The lowest BCUT2D eigenvalue weighted by molar-refractivity contribution is 0.0624. The lowest BCUT2D eigenvalue weighted by atomic mass is 9.55. The molecule has 2 aliphatic rings. The molecule has 0 N–H and O–H groups in total. The third kappa shape index (κ3) is 7.36. The molecule has 0 aromatic heterocycles. The monoisotopic (exact) mass is 648 g/mol. The Hall–Kier alpha value is -3.20. The van der Waals surface area contributed by atoms with E-state index in [0.717, 1.165) is 51.1 Å². The van der Waals surface area contributed by atoms with Gasteiger partial charge < -0.3 is 14.7 Å². The van der Waals surface area contributed by atoms with Crippen LogP contribution in [0.2, 0.25) is 0 Å². The van der Waals surface area contributed by atoms with Crippen molar-refractivity contribution in [2.75, 3.05) is 54.0 Å². The zero-order valence-corrected chi connectivity index (χ0v) is 31.7. The van der Waals surface area contributed by atoms with Gasteiger partial charge in [0.1, 0.15) is 0 Å². The van der Waals surface area contributed by atoms with Gasteiger partial charge in [0, 0.05) is 61.7 Å². The van der Waals surface area contributed by atoms with Crippen molar-refractivity contribution in [1.82, 2.24) is 0 Å². The van der Waals surface area contributed by atoms with Crippen LogP contribution < -0.4 is 14.7 Å². The van der Waals surface area contributed by atoms with E-state index in [1.807, 2.05) is 0 Å². The van der Waals surface area contributed by atoms with Crippen LogP contribution in [0.4, 0.5) is 17.1 Å². The maximum Gasteiger partial charge on any atom is 0.0366 e. The second-order valence-corrected chi connectivity index (χ2v) is 15.0. The van der Waals surface area contributed by atoms with Crippen molar-refractivity contribution in [2.24, 2.45) is 17.3 Å². The lowest BCUT2D eigenvalue weighted by Gasteiger charge is -2.49. The van der Waals surface area contributed by atoms with Crippen molar-refractivity contribution in [3.05, 3.63) is 95.6 Å². The minimum atomic E-state index is 0.0765. The van der Waals surface area contributed by atoms with Gasteiger partial charge in [0.05, 0.1) is 0 Å². The number of rotatable bonds is 14. The van der Waals surface area contributed by atoms with E-state index in [2.05, 4.69) is 149 Å². The Morgan fingerprint density at radius 3 is 1.29 bits per heavy atom. The first-order chi connectivity index (χ1) is 23.2. The van der Waals surface area contributed by atoms with Crippen LogP contribution in [0.15, 0.2) is 78.9 Å². The van der Waals surface area contributed by atoms with Crippen LogP contribution in [0.1, 0.15) is 117 Å². The van der Waals surface area contributed by atoms with Crippen molar-refractivity contribution in [3.8, 4) is 0 Å². The average molecular weight is 648 g/mol. The first-order valence-corrected chi connectivity index (χ1v) is 19.5. The molecule has 3 aromatic carbocycles. The minimum Gasteiger partial charge on any atom is -0.372 e. The highest BCUT2D eigenvalue weighted by Gasteiger charge is 2.45. The van der Waals surface area contributed by atoms with Crippen molar-refractivity contribution in [2.45, 2.75) is 106 Å². The van der Waals surface area contributed by atoms with Gasteiger partial charge in [-0.05, 0) is 162 Å². The van der Waals surface area contributed by atoms with Gasteiger partial charge in [-0.1, -0.05) is 56.3 Å². The molecular weight excluding hydrogens is 583 g/mol. The summed E-state index contributed by atoms with van der Waals surface area (Å²) in [6.45, 7) is 25.0. The third-order valence-corrected chi connectivity index (χ3v) is 12.8. The summed E-state index contributed by atoms with van der Waals surface area (Å²) in [6.07, 6.45) is 11.3. The van der Waals surface area contributed by atoms with E-state index in [4.69, 9.17) is 0 Å². The molecule has 260 valence electrons. The van der Waals surface area contributed by atoms with Crippen LogP contribution in [0.25, 0.3) is 5.57 Å². The lowest BCUT2D eigenvalue weighted by Crippen LogP contribution is -2.40. The first kappa shape index (κ1) is 36.1. The van der Waals surface area contributed by atoms with E-state index < -0.39 is 0 Å². The van der Waals surface area contributed by atoms with Gasteiger partial charge in [-0.2, -0.15) is 0 Å². The highest BCUT2D eigenvalue weighted by atomic mass is 15.1. The Morgan fingerprint density at radius 2 is 0.938 bits per heavy atom. The van der Waals surface area contributed by atoms with Crippen LogP contribution in [0, 0.1) is 17.3 Å². The summed E-state index contributed by atoms with van der Waals surface area (Å²) in [5, 5.41) is 0. The standard InChI is InChI=1S/C45H65N3/c1-9-46(10-2)41-25-17-36(18-26-41)35-15-19-37(20-16-35)44(7,8)38-31-33-45(34-32-38,39-21-27-42(28-22-39)47(11-3)12-4)40-23-29-43(30-24-40)48(13-5)14-6/h15,17-18,21-30,37-38H,9-14,16,19-20,31-34H2,1-8H3. The molecule has 0 bridgehead atoms. The molecule has 0 spiro atoms. The zero-order chi connectivity index (χ0) is 34.3. The van der Waals surface area contributed by atoms with E-state index in [0.29, 0.717) is 5.41 Å². The zero-order valence-electron chi connectivity index (χ0n) is 31.7. The molecule has 2 aliphatic carbocycles. The fourth-order valence-electron chi connectivity index (χ4n) is 9.34. The van der Waals surface area contributed by atoms with E-state index in [-0.39, 0.29) is 5.41 Å². The average Bonchev–Trinajstić information content (AvgIpc) is 3.14. The van der Waals surface area contributed by atoms with Gasteiger partial charge in [-0.3, -0.25) is 0 Å². The quantitative estimate of drug-likeness (QED) is 0.172. The van der Waals surface area contributed by atoms with E-state index >= 15 is 0 Å². The normalized spacial score (nSPS) is 18.3. The van der Waals surface area contributed by atoms with Crippen molar-refractivity contribution in [1.29, 1.82) is 0 Å². The SMILES string of the molecule is CCN(CC)c1ccc(C2=CCC(C(C)(C)C3CCC(c4ccc(N(CC)CC)cc4)(c4ccc(N(CC)CC)cc4)CC3)CC2)cc1. The molecule has 0 saturated heterocycles. The molecule has 0 radical (unpaired) electrons. The summed E-state index contributed by atoms with van der Waals surface area (Å²) in [4.78, 5) is 7.35. The molecule has 3 heteroatoms. The van der Waals surface area contributed by atoms with E-state index in [1.165, 1.54) is 78.7 Å². The molecule has 1 saturated carbocycles. The smallest absolute Gasteiger partial charge is 0.0366 e. The van der Waals surface area contributed by atoms with Crippen LogP contribution >= 0.6 is 0 Å². The van der Waals surface area contributed by atoms with Gasteiger partial charge >= 0.3 is 0 Å². The molecule has 48 heavy (non-hydrogen) atoms. The Balaban J connectivity index is 1.34. The Morgan fingerprint density at radius 1 is 0.542 bits per heavy atom. The Labute approximate surface area is 294 Å². The van der Waals surface area contributed by atoms with Gasteiger partial charge in [0.2, 0.25) is 0 Å². The number of allylic oxidation sites excluding steroid dienone is 2. The molecule has 0 heterocycles. The topological polar surface area (TPSA) is 9.72 Å². The Kier molecular flexibility index (Phi) is 12.0. The predicted octanol–water partition coefficient (Wildman–Crippen LogP) is 11.6. The fraction of sp³-hybridized carbons (Fsp3) is 0.556. The van der Waals surface area contributed by atoms with Crippen LogP contribution in [0.5, 0.6) is 0 Å². The van der Waals surface area contributed by atoms with E-state index in [9.17, 15) is 0 Å². The Bertz CT molecular complexity index is 1370. The molecule has 1 fully saturated rings. The van der Waals surface area contributed by atoms with Crippen molar-refractivity contribution in [3.63, 3.8) is 0 Å². The highest BCUT2D eigenvalue weighted by molar-refractivity contribution is 5.68. The molecular formula is C45H65N3. The van der Waals surface area contributed by atoms with Crippen LogP contribution in [-0.2, 0) is 5.41 Å². The molecule has 0 aliphatic heterocycles.